The number of likely N-dealkylation sites (tertiary alicyclic amines) is 1. The molecule has 1 saturated heterocycles. The lowest BCUT2D eigenvalue weighted by molar-refractivity contribution is -0.132. The predicted octanol–water partition coefficient (Wildman–Crippen LogP) is 2.27. The fraction of sp³-hybridized carbons (Fsp3) is 0.571. The van der Waals surface area contributed by atoms with Crippen LogP contribution in [-0.4, -0.2) is 48.3 Å². The number of hydrogen-bond donors (Lipinski definition) is 2. The van der Waals surface area contributed by atoms with Gasteiger partial charge >= 0.3 is 0 Å². The first kappa shape index (κ1) is 20.9. The number of carbonyl (C=O) groups excluding carboxylic acids is 3. The van der Waals surface area contributed by atoms with E-state index in [1.807, 2.05) is 37.8 Å². The van der Waals surface area contributed by atoms with Crippen LogP contribution in [0.25, 0.3) is 0 Å². The zero-order valence-corrected chi connectivity index (χ0v) is 16.6. The average Bonchev–Trinajstić information content (AvgIpc) is 2.66. The van der Waals surface area contributed by atoms with Crippen molar-refractivity contribution in [2.45, 2.75) is 52.5 Å². The molecule has 1 aromatic carbocycles. The van der Waals surface area contributed by atoms with Crippen molar-refractivity contribution in [3.8, 4) is 0 Å². The number of piperidine rings is 1. The summed E-state index contributed by atoms with van der Waals surface area (Å²) in [6, 6.07) is 6.65. The molecule has 1 aliphatic rings. The predicted molar refractivity (Wildman–Crippen MR) is 105 cm³/mol. The molecule has 0 aromatic heterocycles. The topological polar surface area (TPSA) is 78.5 Å². The second kappa shape index (κ2) is 10.1. The molecule has 3 amide bonds. The highest BCUT2D eigenvalue weighted by Crippen LogP contribution is 2.11. The Bertz CT molecular complexity index is 666. The molecule has 1 aliphatic heterocycles. The van der Waals surface area contributed by atoms with Gasteiger partial charge in [-0.2, -0.15) is 0 Å². The summed E-state index contributed by atoms with van der Waals surface area (Å²) in [6.07, 6.45) is 3.58. The fourth-order valence-electron chi connectivity index (χ4n) is 3.29. The van der Waals surface area contributed by atoms with Gasteiger partial charge in [0.05, 0.1) is 0 Å². The molecule has 0 aliphatic carbocycles. The van der Waals surface area contributed by atoms with Gasteiger partial charge in [0, 0.05) is 31.6 Å². The standard InChI is InChI=1S/C21H31N3O3/c1-15(2)19(23-20(26)17-10-6-5-9-16(17)3)21(27)22-12-11-18(25)24-13-7-4-8-14-24/h5-6,9-10,15,19H,4,7-8,11-14H2,1-3H3,(H,22,27)(H,23,26). The van der Waals surface area contributed by atoms with Crippen molar-refractivity contribution in [1.82, 2.24) is 15.5 Å². The Balaban J connectivity index is 1.86. The molecule has 1 heterocycles. The Morgan fingerprint density at radius 1 is 1.07 bits per heavy atom. The van der Waals surface area contributed by atoms with Crippen LogP contribution < -0.4 is 10.6 Å². The van der Waals surface area contributed by atoms with Crippen molar-refractivity contribution in [3.05, 3.63) is 35.4 Å². The fourth-order valence-corrected chi connectivity index (χ4v) is 3.29. The van der Waals surface area contributed by atoms with Crippen LogP contribution in [0.3, 0.4) is 0 Å². The molecule has 27 heavy (non-hydrogen) atoms. The lowest BCUT2D eigenvalue weighted by Gasteiger charge is -2.27. The second-order valence-corrected chi connectivity index (χ2v) is 7.49. The van der Waals surface area contributed by atoms with Crippen molar-refractivity contribution in [2.24, 2.45) is 5.92 Å². The number of amides is 3. The minimum Gasteiger partial charge on any atom is -0.354 e. The van der Waals surface area contributed by atoms with Crippen LogP contribution in [0, 0.1) is 12.8 Å². The van der Waals surface area contributed by atoms with Crippen LogP contribution in [0.15, 0.2) is 24.3 Å². The first-order valence-electron chi connectivity index (χ1n) is 9.82. The molecule has 1 fully saturated rings. The maximum Gasteiger partial charge on any atom is 0.252 e. The summed E-state index contributed by atoms with van der Waals surface area (Å²) in [7, 11) is 0. The summed E-state index contributed by atoms with van der Waals surface area (Å²) in [6.45, 7) is 7.56. The van der Waals surface area contributed by atoms with Gasteiger partial charge in [0.2, 0.25) is 11.8 Å². The largest absolute Gasteiger partial charge is 0.354 e. The van der Waals surface area contributed by atoms with Gasteiger partial charge in [0.15, 0.2) is 0 Å². The molecule has 2 N–H and O–H groups in total. The zero-order chi connectivity index (χ0) is 19.8. The molecule has 0 spiro atoms. The van der Waals surface area contributed by atoms with E-state index in [0.717, 1.165) is 31.5 Å². The van der Waals surface area contributed by atoms with Crippen LogP contribution in [0.5, 0.6) is 0 Å². The third kappa shape index (κ3) is 6.08. The Morgan fingerprint density at radius 3 is 2.37 bits per heavy atom. The summed E-state index contributed by atoms with van der Waals surface area (Å²) in [4.78, 5) is 39.1. The summed E-state index contributed by atoms with van der Waals surface area (Å²) < 4.78 is 0. The average molecular weight is 373 g/mol. The van der Waals surface area contributed by atoms with Crippen molar-refractivity contribution >= 4 is 17.7 Å². The van der Waals surface area contributed by atoms with Crippen molar-refractivity contribution in [1.29, 1.82) is 0 Å². The Kier molecular flexibility index (Phi) is 7.82. The van der Waals surface area contributed by atoms with Gasteiger partial charge in [-0.25, -0.2) is 0 Å². The summed E-state index contributed by atoms with van der Waals surface area (Å²) in [5.74, 6) is -0.486. The lowest BCUT2D eigenvalue weighted by Crippen LogP contribution is -2.50. The van der Waals surface area contributed by atoms with Gasteiger partial charge in [-0.15, -0.1) is 0 Å². The molecule has 0 radical (unpaired) electrons. The Morgan fingerprint density at radius 2 is 1.74 bits per heavy atom. The van der Waals surface area contributed by atoms with Gasteiger partial charge in [-0.1, -0.05) is 32.0 Å². The minimum atomic E-state index is -0.637. The van der Waals surface area contributed by atoms with E-state index in [4.69, 9.17) is 0 Å². The molecule has 148 valence electrons. The van der Waals surface area contributed by atoms with Crippen molar-refractivity contribution < 1.29 is 14.4 Å². The number of nitrogens with zero attached hydrogens (tertiary/aromatic N) is 1. The normalized spacial score (nSPS) is 15.3. The molecule has 0 saturated carbocycles. The molecule has 2 rings (SSSR count). The maximum absolute atomic E-state index is 12.5. The van der Waals surface area contributed by atoms with E-state index < -0.39 is 6.04 Å². The Hall–Kier alpha value is -2.37. The van der Waals surface area contributed by atoms with Crippen LogP contribution in [0.1, 0.15) is 55.5 Å². The molecule has 0 bridgehead atoms. The maximum atomic E-state index is 12.5. The SMILES string of the molecule is Cc1ccccc1C(=O)NC(C(=O)NCCC(=O)N1CCCCC1)C(C)C. The molecule has 6 heteroatoms. The van der Waals surface area contributed by atoms with Gasteiger partial charge in [0.1, 0.15) is 6.04 Å². The minimum absolute atomic E-state index is 0.0595. The lowest BCUT2D eigenvalue weighted by atomic mass is 10.0. The second-order valence-electron chi connectivity index (χ2n) is 7.49. The highest BCUT2D eigenvalue weighted by Gasteiger charge is 2.25. The van der Waals surface area contributed by atoms with Crippen LogP contribution in [-0.2, 0) is 9.59 Å². The smallest absolute Gasteiger partial charge is 0.252 e. The third-order valence-corrected chi connectivity index (χ3v) is 4.97. The molecule has 1 unspecified atom stereocenters. The summed E-state index contributed by atoms with van der Waals surface area (Å²) in [5, 5.41) is 5.63. The molecule has 1 aromatic rings. The van der Waals surface area contributed by atoms with Gasteiger partial charge < -0.3 is 15.5 Å². The quantitative estimate of drug-likeness (QED) is 0.770. The zero-order valence-electron chi connectivity index (χ0n) is 16.6. The third-order valence-electron chi connectivity index (χ3n) is 4.97. The number of aryl methyl sites for hydroxylation is 1. The number of hydrogen-bond acceptors (Lipinski definition) is 3. The van der Waals surface area contributed by atoms with Gasteiger partial charge in [0.25, 0.3) is 5.91 Å². The molecular formula is C21H31N3O3. The van der Waals surface area contributed by atoms with E-state index in [2.05, 4.69) is 10.6 Å². The van der Waals surface area contributed by atoms with E-state index in [1.54, 1.807) is 12.1 Å². The van der Waals surface area contributed by atoms with E-state index in [-0.39, 0.29) is 30.2 Å². The molecule has 6 nitrogen and oxygen atoms in total. The molecule has 1 atom stereocenters. The van der Waals surface area contributed by atoms with E-state index in [0.29, 0.717) is 12.0 Å². The summed E-state index contributed by atoms with van der Waals surface area (Å²) >= 11 is 0. The van der Waals surface area contributed by atoms with Crippen molar-refractivity contribution in [3.63, 3.8) is 0 Å². The van der Waals surface area contributed by atoms with E-state index in [1.165, 1.54) is 6.42 Å². The van der Waals surface area contributed by atoms with Crippen LogP contribution >= 0.6 is 0 Å². The van der Waals surface area contributed by atoms with Gasteiger partial charge in [-0.05, 0) is 43.7 Å². The highest BCUT2D eigenvalue weighted by molar-refractivity contribution is 5.98. The first-order valence-corrected chi connectivity index (χ1v) is 9.82. The van der Waals surface area contributed by atoms with Gasteiger partial charge in [-0.3, -0.25) is 14.4 Å². The van der Waals surface area contributed by atoms with Crippen LogP contribution in [0.4, 0.5) is 0 Å². The first-order chi connectivity index (χ1) is 12.9. The highest BCUT2D eigenvalue weighted by atomic mass is 16.2. The summed E-state index contributed by atoms with van der Waals surface area (Å²) in [5.41, 5.74) is 1.43. The Labute approximate surface area is 161 Å². The monoisotopic (exact) mass is 373 g/mol. The van der Waals surface area contributed by atoms with E-state index in [9.17, 15) is 14.4 Å². The van der Waals surface area contributed by atoms with Crippen molar-refractivity contribution in [2.75, 3.05) is 19.6 Å². The molecular weight excluding hydrogens is 342 g/mol. The van der Waals surface area contributed by atoms with E-state index >= 15 is 0 Å². The van der Waals surface area contributed by atoms with Crippen LogP contribution in [0.2, 0.25) is 0 Å². The number of benzene rings is 1. The number of carbonyl (C=O) groups is 3. The number of rotatable bonds is 7. The number of nitrogens with one attached hydrogen (secondary N) is 2.